The second-order valence-corrected chi connectivity index (χ2v) is 22.2. The molecule has 8 heteroatoms. The molecule has 192 valence electrons. The van der Waals surface area contributed by atoms with Gasteiger partial charge in [-0.1, -0.05) is 71.9 Å². The summed E-state index contributed by atoms with van der Waals surface area (Å²) in [7, 11) is -4.47. The Kier molecular flexibility index (Phi) is 8.05. The van der Waals surface area contributed by atoms with E-state index >= 15 is 0 Å². The van der Waals surface area contributed by atoms with Gasteiger partial charge in [0, 0.05) is 5.56 Å². The van der Waals surface area contributed by atoms with E-state index in [0.29, 0.717) is 6.61 Å². The van der Waals surface area contributed by atoms with Gasteiger partial charge in [-0.25, -0.2) is 0 Å². The smallest absolute Gasteiger partial charge is 0.192 e. The average molecular weight is 509 g/mol. The molecule has 2 aliphatic heterocycles. The van der Waals surface area contributed by atoms with Crippen LogP contribution in [0.2, 0.25) is 36.3 Å². The molecule has 0 amide bonds. The first-order valence-electron chi connectivity index (χ1n) is 12.4. The third-order valence-corrected chi connectivity index (χ3v) is 17.0. The second-order valence-electron chi connectivity index (χ2n) is 12.6. The summed E-state index contributed by atoms with van der Waals surface area (Å²) in [6.07, 6.45) is -2.16. The van der Waals surface area contributed by atoms with Gasteiger partial charge in [0.05, 0.1) is 6.61 Å². The molecule has 0 unspecified atom stereocenters. The van der Waals surface area contributed by atoms with E-state index in [1.807, 2.05) is 30.3 Å². The van der Waals surface area contributed by atoms with Crippen molar-refractivity contribution in [2.75, 3.05) is 6.61 Å². The fraction of sp³-hybridized carbons (Fsp3) is 0.731. The molecule has 6 atom stereocenters. The molecule has 0 aliphatic carbocycles. The predicted molar refractivity (Wildman–Crippen MR) is 139 cm³/mol. The minimum atomic E-state index is -2.24. The summed E-state index contributed by atoms with van der Waals surface area (Å²) in [6, 6.07) is 9.91. The zero-order valence-corrected chi connectivity index (χ0v) is 24.6. The van der Waals surface area contributed by atoms with Crippen molar-refractivity contribution in [3.05, 3.63) is 35.9 Å². The molecule has 0 aromatic heterocycles. The van der Waals surface area contributed by atoms with Crippen molar-refractivity contribution in [1.82, 2.24) is 0 Å². The zero-order chi connectivity index (χ0) is 25.5. The summed E-state index contributed by atoms with van der Waals surface area (Å²) >= 11 is 0. The highest BCUT2D eigenvalue weighted by atomic mass is 28.4. The van der Waals surface area contributed by atoms with Gasteiger partial charge in [-0.15, -0.1) is 0 Å². The highest BCUT2D eigenvalue weighted by Crippen LogP contribution is 2.45. The van der Waals surface area contributed by atoms with Crippen molar-refractivity contribution < 1.29 is 27.9 Å². The largest absolute Gasteiger partial charge is 0.408 e. The maximum Gasteiger partial charge on any atom is 0.192 e. The van der Waals surface area contributed by atoms with Crippen molar-refractivity contribution in [2.45, 2.75) is 115 Å². The Bertz CT molecular complexity index is 830. The summed E-state index contributed by atoms with van der Waals surface area (Å²) < 4.78 is 32.7. The van der Waals surface area contributed by atoms with Gasteiger partial charge in [-0.3, -0.25) is 0 Å². The average Bonchev–Trinajstić information content (AvgIpc) is 2.73. The van der Waals surface area contributed by atoms with Crippen LogP contribution in [0.25, 0.3) is 0 Å². The Morgan fingerprint density at radius 2 is 1.38 bits per heavy atom. The Hall–Kier alpha value is -0.876. The van der Waals surface area contributed by atoms with Gasteiger partial charge in [0.2, 0.25) is 0 Å². The van der Waals surface area contributed by atoms with E-state index in [9.17, 15) is 4.79 Å². The molecule has 0 N–H and O–H groups in total. The number of ether oxygens (including phenoxy) is 3. The highest BCUT2D eigenvalue weighted by Gasteiger charge is 2.56. The van der Waals surface area contributed by atoms with Crippen molar-refractivity contribution in [3.63, 3.8) is 0 Å². The van der Waals surface area contributed by atoms with Gasteiger partial charge in [0.25, 0.3) is 0 Å². The number of aldehydes is 1. The molecule has 0 saturated carbocycles. The van der Waals surface area contributed by atoms with Gasteiger partial charge in [-0.05, 0) is 36.3 Å². The molecule has 2 aliphatic rings. The third kappa shape index (κ3) is 5.74. The lowest BCUT2D eigenvalue weighted by atomic mass is 9.94. The van der Waals surface area contributed by atoms with Gasteiger partial charge < -0.3 is 27.9 Å². The maximum atomic E-state index is 12.3. The normalized spacial score (nSPS) is 31.1. The minimum absolute atomic E-state index is 0.0109. The van der Waals surface area contributed by atoms with Crippen molar-refractivity contribution in [1.29, 1.82) is 0 Å². The van der Waals surface area contributed by atoms with E-state index in [0.717, 1.165) is 11.8 Å². The van der Waals surface area contributed by atoms with Crippen molar-refractivity contribution in [3.8, 4) is 0 Å². The molecule has 0 bridgehead atoms. The Morgan fingerprint density at radius 3 is 1.88 bits per heavy atom. The maximum absolute atomic E-state index is 12.3. The Morgan fingerprint density at radius 1 is 0.853 bits per heavy atom. The van der Waals surface area contributed by atoms with Crippen LogP contribution < -0.4 is 0 Å². The van der Waals surface area contributed by atoms with Crippen LogP contribution in [0.3, 0.4) is 0 Å². The van der Waals surface area contributed by atoms with Gasteiger partial charge in [0.1, 0.15) is 30.5 Å². The van der Waals surface area contributed by atoms with E-state index in [-0.39, 0.29) is 10.1 Å². The summed E-state index contributed by atoms with van der Waals surface area (Å²) in [4.78, 5) is 12.3. The number of rotatable bonds is 6. The van der Waals surface area contributed by atoms with E-state index in [4.69, 9.17) is 23.1 Å². The number of hydrogen-bond donors (Lipinski definition) is 0. The lowest BCUT2D eigenvalue weighted by Gasteiger charge is -2.53. The molecule has 2 saturated heterocycles. The molecule has 2 fully saturated rings. The Labute approximate surface area is 207 Å². The number of fused-ring (bicyclic) bond motifs is 1. The predicted octanol–water partition coefficient (Wildman–Crippen LogP) is 5.85. The molecule has 34 heavy (non-hydrogen) atoms. The molecule has 6 nitrogen and oxygen atoms in total. The third-order valence-electron chi connectivity index (χ3n) is 8.04. The van der Waals surface area contributed by atoms with Gasteiger partial charge in [-0.2, -0.15) is 0 Å². The van der Waals surface area contributed by atoms with Crippen LogP contribution in [0, 0.1) is 0 Å². The monoisotopic (exact) mass is 508 g/mol. The quantitative estimate of drug-likeness (QED) is 0.355. The molecule has 1 aromatic carbocycles. The van der Waals surface area contributed by atoms with Crippen molar-refractivity contribution >= 4 is 22.9 Å². The van der Waals surface area contributed by atoms with Crippen LogP contribution in [0.15, 0.2) is 30.3 Å². The van der Waals surface area contributed by atoms with Crippen LogP contribution in [-0.4, -0.2) is 60.0 Å². The topological polar surface area (TPSA) is 63.2 Å². The first kappa shape index (κ1) is 27.7. The summed E-state index contributed by atoms with van der Waals surface area (Å²) in [5, 5.41) is -0.0368. The fourth-order valence-electron chi connectivity index (χ4n) is 3.80. The molecule has 0 spiro atoms. The van der Waals surface area contributed by atoms with Crippen molar-refractivity contribution in [2.24, 2.45) is 0 Å². The molecular weight excluding hydrogens is 464 g/mol. The SMILES string of the molecule is CC(C)(C)[Si](C)(C)O[C@@H]1[C@H](O[Si](C)(C)C(C)(C)C)[C@@H](C=O)O[C@@H]2CO[C@@H](c3ccccc3)O[C@@H]12. The number of benzene rings is 1. The molecular formula is C26H44O6Si2. The van der Waals surface area contributed by atoms with Crippen LogP contribution in [0.5, 0.6) is 0 Å². The van der Waals surface area contributed by atoms with E-state index < -0.39 is 53.4 Å². The van der Waals surface area contributed by atoms with Gasteiger partial charge in [0.15, 0.2) is 29.2 Å². The number of carbonyl (C=O) groups is 1. The number of carbonyl (C=O) groups excluding carboxylic acids is 1. The summed E-state index contributed by atoms with van der Waals surface area (Å²) in [5.74, 6) is 0. The molecule has 2 heterocycles. The lowest BCUT2D eigenvalue weighted by Crippen LogP contribution is -2.67. The number of hydrogen-bond acceptors (Lipinski definition) is 6. The van der Waals surface area contributed by atoms with E-state index in [2.05, 4.69) is 67.7 Å². The van der Waals surface area contributed by atoms with E-state index in [1.165, 1.54) is 0 Å². The van der Waals surface area contributed by atoms with Gasteiger partial charge >= 0.3 is 0 Å². The standard InChI is InChI=1S/C26H44O6Si2/c1-25(2,3)33(7,8)31-22-19(16-27)29-20-17-28-24(18-14-12-11-13-15-18)30-21(20)23(22)32-34(9,10)26(4,5)6/h11-16,19-24H,17H2,1-10H3/t19-,20-,21-,22-,23+,24-/m1/s1. The minimum Gasteiger partial charge on any atom is -0.408 e. The molecule has 1 aromatic rings. The summed E-state index contributed by atoms with van der Waals surface area (Å²) in [5.41, 5.74) is 0.950. The Balaban J connectivity index is 2.01. The zero-order valence-electron chi connectivity index (χ0n) is 22.6. The summed E-state index contributed by atoms with van der Waals surface area (Å²) in [6.45, 7) is 22.4. The first-order chi connectivity index (χ1) is 15.6. The van der Waals surface area contributed by atoms with Crippen LogP contribution in [-0.2, 0) is 27.9 Å². The first-order valence-corrected chi connectivity index (χ1v) is 18.2. The van der Waals surface area contributed by atoms with Crippen LogP contribution >= 0.6 is 0 Å². The molecule has 0 radical (unpaired) electrons. The highest BCUT2D eigenvalue weighted by molar-refractivity contribution is 6.74. The fourth-order valence-corrected chi connectivity index (χ4v) is 6.41. The molecule has 3 rings (SSSR count). The lowest BCUT2D eigenvalue weighted by molar-refractivity contribution is -0.319. The van der Waals surface area contributed by atoms with Crippen LogP contribution in [0.4, 0.5) is 0 Å². The second kappa shape index (κ2) is 9.88. The van der Waals surface area contributed by atoms with Crippen LogP contribution in [0.1, 0.15) is 53.4 Å². The van der Waals surface area contributed by atoms with E-state index in [1.54, 1.807) is 0 Å².